The molecule has 0 aliphatic heterocycles. The van der Waals surface area contributed by atoms with Gasteiger partial charge < -0.3 is 0 Å². The Kier molecular flexibility index (Phi) is 3.86. The Morgan fingerprint density at radius 2 is 2.08 bits per heavy atom. The van der Waals surface area contributed by atoms with Gasteiger partial charge in [0.25, 0.3) is 0 Å². The quantitative estimate of drug-likeness (QED) is 0.541. The molecule has 1 fully saturated rings. The van der Waals surface area contributed by atoms with Gasteiger partial charge >= 0.3 is 0 Å². The Bertz CT molecular complexity index is 206. The van der Waals surface area contributed by atoms with Crippen LogP contribution in [-0.2, 0) is 0 Å². The first-order chi connectivity index (χ1) is 5.88. The Balaban J connectivity index is 2.63. The summed E-state index contributed by atoms with van der Waals surface area (Å²) >= 11 is 0. The lowest BCUT2D eigenvalue weighted by Gasteiger charge is -2.03. The average Bonchev–Trinajstić information content (AvgIpc) is 2.50. The van der Waals surface area contributed by atoms with Crippen molar-refractivity contribution >= 4 is 0 Å². The van der Waals surface area contributed by atoms with Gasteiger partial charge in [-0.15, -0.1) is 0 Å². The van der Waals surface area contributed by atoms with E-state index in [1.54, 1.807) is 5.57 Å². The highest BCUT2D eigenvalue weighted by Gasteiger charge is 2.16. The van der Waals surface area contributed by atoms with Crippen molar-refractivity contribution in [3.63, 3.8) is 0 Å². The molecule has 0 amide bonds. The molecule has 1 atom stereocenters. The van der Waals surface area contributed by atoms with Crippen LogP contribution < -0.4 is 0 Å². The van der Waals surface area contributed by atoms with Gasteiger partial charge in [-0.1, -0.05) is 36.0 Å². The molecule has 0 heteroatoms. The van der Waals surface area contributed by atoms with Crippen molar-refractivity contribution in [2.24, 2.45) is 5.92 Å². The van der Waals surface area contributed by atoms with Crippen molar-refractivity contribution in [1.29, 1.82) is 0 Å². The first kappa shape index (κ1) is 9.31. The highest BCUT2D eigenvalue weighted by atomic mass is 14.2. The molecule has 0 aromatic carbocycles. The molecule has 0 heterocycles. The molecule has 0 nitrogen and oxygen atoms in total. The second-order valence-electron chi connectivity index (χ2n) is 3.29. The van der Waals surface area contributed by atoms with E-state index in [0.717, 1.165) is 5.92 Å². The Morgan fingerprint density at radius 1 is 1.25 bits per heavy atom. The van der Waals surface area contributed by atoms with Crippen LogP contribution in [0, 0.1) is 5.92 Å². The molecule has 0 aromatic heterocycles. The van der Waals surface area contributed by atoms with Crippen LogP contribution in [0.2, 0.25) is 0 Å². The topological polar surface area (TPSA) is 0 Å². The van der Waals surface area contributed by atoms with Gasteiger partial charge in [0, 0.05) is 0 Å². The molecule has 66 valence electrons. The van der Waals surface area contributed by atoms with Crippen LogP contribution in [0.5, 0.6) is 0 Å². The van der Waals surface area contributed by atoms with Crippen LogP contribution >= 0.6 is 0 Å². The molecule has 0 N–H and O–H groups in total. The Morgan fingerprint density at radius 3 is 2.75 bits per heavy atom. The zero-order valence-corrected chi connectivity index (χ0v) is 8.09. The van der Waals surface area contributed by atoms with Crippen molar-refractivity contribution in [2.45, 2.75) is 33.1 Å². The third kappa shape index (κ3) is 2.37. The lowest BCUT2D eigenvalue weighted by Crippen LogP contribution is -1.89. The highest BCUT2D eigenvalue weighted by Crippen LogP contribution is 2.31. The van der Waals surface area contributed by atoms with Gasteiger partial charge in [0.15, 0.2) is 0 Å². The fourth-order valence-electron chi connectivity index (χ4n) is 1.78. The third-order valence-electron chi connectivity index (χ3n) is 2.38. The smallest absolute Gasteiger partial charge is 0.00202 e. The highest BCUT2D eigenvalue weighted by molar-refractivity contribution is 5.22. The maximum Gasteiger partial charge on any atom is -0.00202 e. The molecule has 0 aromatic rings. The molecule has 0 radical (unpaired) electrons. The fraction of sp³-hybridized carbons (Fsp3) is 0.500. The Labute approximate surface area is 75.7 Å². The van der Waals surface area contributed by atoms with Crippen molar-refractivity contribution in [1.82, 2.24) is 0 Å². The van der Waals surface area contributed by atoms with Gasteiger partial charge in [0.05, 0.1) is 0 Å². The fourth-order valence-corrected chi connectivity index (χ4v) is 1.78. The van der Waals surface area contributed by atoms with E-state index in [1.807, 2.05) is 0 Å². The van der Waals surface area contributed by atoms with Gasteiger partial charge in [-0.05, 0) is 39.0 Å². The molecule has 1 unspecified atom stereocenters. The minimum Gasteiger partial charge on any atom is -0.0911 e. The van der Waals surface area contributed by atoms with Crippen LogP contribution in [0.3, 0.4) is 0 Å². The molecular weight excluding hydrogens is 144 g/mol. The number of hydrogen-bond acceptors (Lipinski definition) is 0. The summed E-state index contributed by atoms with van der Waals surface area (Å²) in [6, 6.07) is 0. The molecule has 12 heavy (non-hydrogen) atoms. The molecule has 0 spiro atoms. The zero-order chi connectivity index (χ0) is 8.81. The summed E-state index contributed by atoms with van der Waals surface area (Å²) in [5.41, 5.74) is 1.60. The molecular formula is C12H18. The third-order valence-corrected chi connectivity index (χ3v) is 2.38. The summed E-state index contributed by atoms with van der Waals surface area (Å²) in [6.45, 7) is 4.17. The second kappa shape index (κ2) is 4.97. The summed E-state index contributed by atoms with van der Waals surface area (Å²) in [4.78, 5) is 0. The van der Waals surface area contributed by atoms with Crippen LogP contribution in [0.25, 0.3) is 0 Å². The van der Waals surface area contributed by atoms with Gasteiger partial charge in [0.2, 0.25) is 0 Å². The standard InChI is InChI=1S/C12H18/c1-3-5-8-12-10-6-9-11(12)7-4-2/h3-5,7-8,11H,6,9-10H2,1-2H3/b5-3+,7-4+,12-8-. The van der Waals surface area contributed by atoms with E-state index < -0.39 is 0 Å². The van der Waals surface area contributed by atoms with Crippen molar-refractivity contribution in [2.75, 3.05) is 0 Å². The lowest BCUT2D eigenvalue weighted by atomic mass is 10.0. The number of allylic oxidation sites excluding steroid dienone is 6. The molecule has 1 aliphatic carbocycles. The molecule has 0 saturated heterocycles. The van der Waals surface area contributed by atoms with E-state index in [2.05, 4.69) is 44.2 Å². The van der Waals surface area contributed by atoms with Gasteiger partial charge in [-0.25, -0.2) is 0 Å². The summed E-state index contributed by atoms with van der Waals surface area (Å²) < 4.78 is 0. The summed E-state index contributed by atoms with van der Waals surface area (Å²) in [7, 11) is 0. The maximum atomic E-state index is 2.32. The van der Waals surface area contributed by atoms with Crippen molar-refractivity contribution in [3.05, 3.63) is 36.0 Å². The van der Waals surface area contributed by atoms with E-state index in [-0.39, 0.29) is 0 Å². The van der Waals surface area contributed by atoms with Crippen LogP contribution in [0.1, 0.15) is 33.1 Å². The lowest BCUT2D eigenvalue weighted by molar-refractivity contribution is 0.764. The van der Waals surface area contributed by atoms with Gasteiger partial charge in [0.1, 0.15) is 0 Å². The summed E-state index contributed by atoms with van der Waals surface area (Å²) in [5, 5.41) is 0. The van der Waals surface area contributed by atoms with Crippen LogP contribution in [0.4, 0.5) is 0 Å². The van der Waals surface area contributed by atoms with Crippen molar-refractivity contribution in [3.8, 4) is 0 Å². The maximum absolute atomic E-state index is 2.32. The average molecular weight is 162 g/mol. The minimum absolute atomic E-state index is 0.728. The molecule has 0 bridgehead atoms. The first-order valence-electron chi connectivity index (χ1n) is 4.83. The molecule has 1 saturated carbocycles. The van der Waals surface area contributed by atoms with E-state index in [0.29, 0.717) is 0 Å². The SMILES string of the molecule is C/C=C/C=C1/CCCC1/C=C/C. The predicted octanol–water partition coefficient (Wildman–Crippen LogP) is 3.87. The second-order valence-corrected chi connectivity index (χ2v) is 3.29. The zero-order valence-electron chi connectivity index (χ0n) is 8.09. The van der Waals surface area contributed by atoms with Crippen LogP contribution in [0.15, 0.2) is 36.0 Å². The Hall–Kier alpha value is -0.780. The minimum atomic E-state index is 0.728. The van der Waals surface area contributed by atoms with Crippen molar-refractivity contribution < 1.29 is 0 Å². The number of hydrogen-bond donors (Lipinski definition) is 0. The van der Waals surface area contributed by atoms with Crippen LogP contribution in [-0.4, -0.2) is 0 Å². The van der Waals surface area contributed by atoms with E-state index in [4.69, 9.17) is 0 Å². The largest absolute Gasteiger partial charge is 0.0911 e. The van der Waals surface area contributed by atoms with Gasteiger partial charge in [-0.3, -0.25) is 0 Å². The molecule has 1 rings (SSSR count). The monoisotopic (exact) mass is 162 g/mol. The summed E-state index contributed by atoms with van der Waals surface area (Å²) in [6.07, 6.45) is 15.0. The van der Waals surface area contributed by atoms with E-state index >= 15 is 0 Å². The predicted molar refractivity (Wildman–Crippen MR) is 55.1 cm³/mol. The molecule has 1 aliphatic rings. The normalized spacial score (nSPS) is 28.2. The first-order valence-corrected chi connectivity index (χ1v) is 4.83. The van der Waals surface area contributed by atoms with E-state index in [9.17, 15) is 0 Å². The number of rotatable bonds is 2. The van der Waals surface area contributed by atoms with Gasteiger partial charge in [-0.2, -0.15) is 0 Å². The van der Waals surface area contributed by atoms with E-state index in [1.165, 1.54) is 19.3 Å². The summed E-state index contributed by atoms with van der Waals surface area (Å²) in [5.74, 6) is 0.728.